The minimum atomic E-state index is -3.42. The molecule has 7 aromatic carbocycles. The largest absolute Gasteiger partial charge is 0.436 e. The highest BCUT2D eigenvalue weighted by atomic mass is 31.2. The SMILES string of the molecule is Cc1ccc(-n2c(-c3ccc(P4(=O)Oc5ccccc5-c5ccccc54)cc3)ccc2-c2ccc(P3(=O)Oc4ccccc4-c4ccccc43)cc2)cc1. The third-order valence-electron chi connectivity index (χ3n) is 10.4. The number of para-hydroxylation sites is 2. The first-order valence-corrected chi connectivity index (χ1v) is 21.1. The minimum absolute atomic E-state index is 0.627. The molecular formula is C47H33NO4P2. The lowest BCUT2D eigenvalue weighted by Crippen LogP contribution is -2.25. The zero-order valence-electron chi connectivity index (χ0n) is 29.3. The second-order valence-electron chi connectivity index (χ2n) is 13.7. The Bertz CT molecular complexity index is 2670. The lowest BCUT2D eigenvalue weighted by molar-refractivity contribution is 0.500. The lowest BCUT2D eigenvalue weighted by atomic mass is 10.0. The van der Waals surface area contributed by atoms with Gasteiger partial charge in [0.15, 0.2) is 0 Å². The van der Waals surface area contributed by atoms with Gasteiger partial charge in [0.25, 0.3) is 0 Å². The van der Waals surface area contributed by atoms with Gasteiger partial charge in [-0.2, -0.15) is 0 Å². The molecule has 0 amide bonds. The number of aromatic nitrogens is 1. The number of rotatable bonds is 5. The fourth-order valence-electron chi connectivity index (χ4n) is 7.73. The summed E-state index contributed by atoms with van der Waals surface area (Å²) in [6.07, 6.45) is 0. The second kappa shape index (κ2) is 12.5. The molecule has 0 fully saturated rings. The van der Waals surface area contributed by atoms with E-state index in [4.69, 9.17) is 9.05 Å². The molecule has 1 aromatic heterocycles. The van der Waals surface area contributed by atoms with E-state index in [9.17, 15) is 9.13 Å². The number of hydrogen-bond donors (Lipinski definition) is 0. The van der Waals surface area contributed by atoms with Crippen LogP contribution in [0.5, 0.6) is 11.5 Å². The molecule has 2 atom stereocenters. The van der Waals surface area contributed by atoms with Crippen LogP contribution < -0.4 is 30.3 Å². The molecule has 260 valence electrons. The van der Waals surface area contributed by atoms with Gasteiger partial charge in [-0.1, -0.05) is 115 Å². The van der Waals surface area contributed by atoms with Gasteiger partial charge >= 0.3 is 14.7 Å². The van der Waals surface area contributed by atoms with Gasteiger partial charge in [-0.05, 0) is 102 Å². The molecule has 0 saturated carbocycles. The van der Waals surface area contributed by atoms with Gasteiger partial charge in [0.1, 0.15) is 11.5 Å². The van der Waals surface area contributed by atoms with E-state index >= 15 is 0 Å². The monoisotopic (exact) mass is 737 g/mol. The van der Waals surface area contributed by atoms with Crippen LogP contribution in [0.15, 0.2) is 182 Å². The maximum Gasteiger partial charge on any atom is 0.307 e. The fourth-order valence-corrected chi connectivity index (χ4v) is 12.2. The topological polar surface area (TPSA) is 57.5 Å². The summed E-state index contributed by atoms with van der Waals surface area (Å²) in [4.78, 5) is 0. The zero-order valence-corrected chi connectivity index (χ0v) is 31.1. The first kappa shape index (κ1) is 32.5. The number of benzene rings is 7. The van der Waals surface area contributed by atoms with Gasteiger partial charge in [0.05, 0.1) is 32.6 Å². The maximum absolute atomic E-state index is 14.8. The number of nitrogens with zero attached hydrogens (tertiary/aromatic N) is 1. The molecule has 0 spiro atoms. The molecule has 0 N–H and O–H groups in total. The van der Waals surface area contributed by atoms with Gasteiger partial charge in [-0.15, -0.1) is 0 Å². The van der Waals surface area contributed by atoms with Crippen LogP contribution >= 0.6 is 14.7 Å². The van der Waals surface area contributed by atoms with Crippen LogP contribution in [0.25, 0.3) is 50.5 Å². The van der Waals surface area contributed by atoms with Gasteiger partial charge in [-0.3, -0.25) is 9.13 Å². The molecule has 0 bridgehead atoms. The minimum Gasteiger partial charge on any atom is -0.436 e. The van der Waals surface area contributed by atoms with Gasteiger partial charge in [-0.25, -0.2) is 0 Å². The number of hydrogen-bond acceptors (Lipinski definition) is 4. The lowest BCUT2D eigenvalue weighted by Gasteiger charge is -2.29. The Morgan fingerprint density at radius 2 is 0.796 bits per heavy atom. The third-order valence-corrected chi connectivity index (χ3v) is 15.3. The highest BCUT2D eigenvalue weighted by molar-refractivity contribution is 7.75. The van der Waals surface area contributed by atoms with Crippen molar-refractivity contribution in [2.45, 2.75) is 6.92 Å². The van der Waals surface area contributed by atoms with Crippen molar-refractivity contribution < 1.29 is 18.2 Å². The average molecular weight is 738 g/mol. The fraction of sp³-hybridized carbons (Fsp3) is 0.0213. The molecule has 2 unspecified atom stereocenters. The Kier molecular flexibility index (Phi) is 7.52. The third kappa shape index (κ3) is 5.08. The Labute approximate surface area is 314 Å². The van der Waals surface area contributed by atoms with Crippen LogP contribution in [-0.4, -0.2) is 4.57 Å². The molecule has 0 saturated heterocycles. The second-order valence-corrected chi connectivity index (χ2v) is 18.2. The summed E-state index contributed by atoms with van der Waals surface area (Å²) < 4.78 is 44.6. The van der Waals surface area contributed by atoms with Crippen molar-refractivity contribution in [2.24, 2.45) is 0 Å². The quantitative estimate of drug-likeness (QED) is 0.165. The van der Waals surface area contributed by atoms with Crippen LogP contribution in [-0.2, 0) is 9.13 Å². The molecule has 8 aromatic rings. The predicted molar refractivity (Wildman–Crippen MR) is 220 cm³/mol. The molecule has 54 heavy (non-hydrogen) atoms. The smallest absolute Gasteiger partial charge is 0.307 e. The Morgan fingerprint density at radius 3 is 1.24 bits per heavy atom. The van der Waals surface area contributed by atoms with E-state index < -0.39 is 14.7 Å². The van der Waals surface area contributed by atoms with Crippen molar-refractivity contribution in [3.63, 3.8) is 0 Å². The van der Waals surface area contributed by atoms with Crippen LogP contribution in [0.3, 0.4) is 0 Å². The van der Waals surface area contributed by atoms with E-state index in [0.717, 1.165) is 50.5 Å². The Balaban J connectivity index is 1.04. The van der Waals surface area contributed by atoms with Crippen molar-refractivity contribution in [2.75, 3.05) is 0 Å². The highest BCUT2D eigenvalue weighted by Gasteiger charge is 2.39. The molecular weight excluding hydrogens is 704 g/mol. The molecule has 3 heterocycles. The molecule has 0 aliphatic carbocycles. The van der Waals surface area contributed by atoms with Crippen LogP contribution in [0.1, 0.15) is 5.56 Å². The van der Waals surface area contributed by atoms with E-state index in [-0.39, 0.29) is 0 Å². The summed E-state index contributed by atoms with van der Waals surface area (Å²) in [5.41, 5.74) is 9.83. The summed E-state index contributed by atoms with van der Waals surface area (Å²) in [6.45, 7) is 2.08. The van der Waals surface area contributed by atoms with Crippen LogP contribution in [0, 0.1) is 6.92 Å². The summed E-state index contributed by atoms with van der Waals surface area (Å²) in [5, 5.41) is 2.70. The molecule has 7 heteroatoms. The predicted octanol–water partition coefficient (Wildman–Crippen LogP) is 10.7. The summed E-state index contributed by atoms with van der Waals surface area (Å²) in [5.74, 6) is 1.25. The van der Waals surface area contributed by atoms with Gasteiger partial charge in [0, 0.05) is 16.8 Å². The summed E-state index contributed by atoms with van der Waals surface area (Å²) in [6, 6.07) is 59.7. The standard InChI is InChI=1S/C47H33NO4P2/c1-32-18-24-35(25-19-32)48-42(33-20-26-36(27-21-33)53(49)46-16-8-4-12-40(46)38-10-2-6-14-44(38)51-53)30-31-43(48)34-22-28-37(29-23-34)54(50)47-17-9-5-13-41(47)39-11-3-7-15-45(39)52-54/h2-31H,1H3. The van der Waals surface area contributed by atoms with Crippen LogP contribution in [0.2, 0.25) is 0 Å². The van der Waals surface area contributed by atoms with E-state index in [1.165, 1.54) is 5.56 Å². The molecule has 5 nitrogen and oxygen atoms in total. The summed E-state index contributed by atoms with van der Waals surface area (Å²) >= 11 is 0. The Morgan fingerprint density at radius 1 is 0.407 bits per heavy atom. The molecule has 2 aliphatic heterocycles. The normalized spacial score (nSPS) is 17.9. The van der Waals surface area contributed by atoms with Crippen molar-refractivity contribution in [3.05, 3.63) is 188 Å². The van der Waals surface area contributed by atoms with Crippen molar-refractivity contribution >= 4 is 36.0 Å². The van der Waals surface area contributed by atoms with Crippen molar-refractivity contribution in [1.29, 1.82) is 0 Å². The first-order chi connectivity index (χ1) is 26.4. The van der Waals surface area contributed by atoms with Gasteiger partial charge in [0.2, 0.25) is 0 Å². The molecule has 10 rings (SSSR count). The molecule has 2 aliphatic rings. The number of aryl methyl sites for hydroxylation is 1. The van der Waals surface area contributed by atoms with E-state index in [1.807, 2.05) is 146 Å². The average Bonchev–Trinajstić information content (AvgIpc) is 3.67. The van der Waals surface area contributed by atoms with Crippen molar-refractivity contribution in [3.8, 4) is 62.0 Å². The first-order valence-electron chi connectivity index (χ1n) is 17.9. The zero-order chi connectivity index (χ0) is 36.4. The van der Waals surface area contributed by atoms with E-state index in [2.05, 4.69) is 47.9 Å². The Hall–Kier alpha value is -6.12. The van der Waals surface area contributed by atoms with Crippen molar-refractivity contribution in [1.82, 2.24) is 4.57 Å². The summed E-state index contributed by atoms with van der Waals surface area (Å²) in [7, 11) is -6.84. The van der Waals surface area contributed by atoms with E-state index in [0.29, 0.717) is 32.7 Å². The van der Waals surface area contributed by atoms with Gasteiger partial charge < -0.3 is 13.6 Å². The van der Waals surface area contributed by atoms with E-state index in [1.54, 1.807) is 0 Å². The molecule has 0 radical (unpaired) electrons. The highest BCUT2D eigenvalue weighted by Crippen LogP contribution is 2.55. The maximum atomic E-state index is 14.8. The number of fused-ring (bicyclic) bond motifs is 6. The van der Waals surface area contributed by atoms with Crippen LogP contribution in [0.4, 0.5) is 0 Å².